The number of aromatic nitrogens is 2. The smallest absolute Gasteiger partial charge is 0.181 e. The lowest BCUT2D eigenvalue weighted by Crippen LogP contribution is -2.33. The summed E-state index contributed by atoms with van der Waals surface area (Å²) in [5, 5.41) is 14.7. The van der Waals surface area contributed by atoms with Gasteiger partial charge in [0.05, 0.1) is 22.5 Å². The van der Waals surface area contributed by atoms with E-state index in [9.17, 15) is 5.11 Å². The number of likely N-dealkylation sites (N-methyl/N-ethyl adjacent to an activating group) is 1. The van der Waals surface area contributed by atoms with Crippen molar-refractivity contribution in [3.8, 4) is 16.9 Å². The Morgan fingerprint density at radius 1 is 1.21 bits per heavy atom. The van der Waals surface area contributed by atoms with Crippen molar-refractivity contribution in [3.63, 3.8) is 0 Å². The van der Waals surface area contributed by atoms with Crippen LogP contribution in [0.2, 0.25) is 5.02 Å². The second-order valence-corrected chi connectivity index (χ2v) is 10.6. The number of aliphatic hydroxyl groups excluding tert-OH is 1. The number of nitrogens with zero attached hydrogens (tertiary/aromatic N) is 3. The Bertz CT molecular complexity index is 1360. The molecule has 170 valence electrons. The van der Waals surface area contributed by atoms with Crippen molar-refractivity contribution in [2.75, 3.05) is 14.1 Å². The molecule has 0 bridgehead atoms. The highest BCUT2D eigenvalue weighted by molar-refractivity contribution is 7.19. The van der Waals surface area contributed by atoms with Crippen LogP contribution in [0.3, 0.4) is 0 Å². The molecule has 4 aromatic rings. The summed E-state index contributed by atoms with van der Waals surface area (Å²) in [5.41, 5.74) is 6.14. The summed E-state index contributed by atoms with van der Waals surface area (Å²) >= 11 is 8.10. The fourth-order valence-electron chi connectivity index (χ4n) is 5.05. The van der Waals surface area contributed by atoms with E-state index < -0.39 is 0 Å². The van der Waals surface area contributed by atoms with Crippen molar-refractivity contribution < 1.29 is 14.4 Å². The third-order valence-electron chi connectivity index (χ3n) is 6.78. The summed E-state index contributed by atoms with van der Waals surface area (Å²) in [6.07, 6.45) is 5.21. The van der Waals surface area contributed by atoms with Crippen molar-refractivity contribution >= 4 is 33.2 Å². The molecular weight excluding hydrogens is 458 g/mol. The third-order valence-corrected chi connectivity index (χ3v) is 8.14. The molecule has 8 heteroatoms. The van der Waals surface area contributed by atoms with Crippen LogP contribution in [0.1, 0.15) is 40.0 Å². The molecule has 0 saturated carbocycles. The average molecular weight is 482 g/mol. The van der Waals surface area contributed by atoms with Crippen LogP contribution in [-0.2, 0) is 25.9 Å². The number of benzene rings is 1. The van der Waals surface area contributed by atoms with E-state index >= 15 is 0 Å². The lowest BCUT2D eigenvalue weighted by atomic mass is 9.89. The quantitative estimate of drug-likeness (QED) is 0.432. The fraction of sp³-hybridized carbons (Fsp3) is 0.360. The maximum absolute atomic E-state index is 9.61. The molecule has 0 radical (unpaired) electrons. The molecule has 0 amide bonds. The van der Waals surface area contributed by atoms with Gasteiger partial charge in [0.1, 0.15) is 5.75 Å². The standard InChI is InChI=1S/C25H24ClN3O3S/c1-29(2)15-3-4-20-19(10-15)24(32-28-20)22-8-13-7-14(26)9-18(23(13)31-22)17-5-6-27-21-11-16(12-30)33-25(17)21/h5-7,9,11,15,22,30H,3-4,8,10,12H2,1-2H3/t15-,22-/m1/s1. The van der Waals surface area contributed by atoms with Crippen LogP contribution in [0, 0.1) is 0 Å². The Morgan fingerprint density at radius 3 is 2.91 bits per heavy atom. The number of rotatable bonds is 4. The minimum Gasteiger partial charge on any atom is -0.481 e. The van der Waals surface area contributed by atoms with Gasteiger partial charge in [0, 0.05) is 50.8 Å². The van der Waals surface area contributed by atoms with E-state index in [0.29, 0.717) is 17.5 Å². The van der Waals surface area contributed by atoms with Crippen molar-refractivity contribution in [2.24, 2.45) is 0 Å². The van der Waals surface area contributed by atoms with Crippen LogP contribution in [0.5, 0.6) is 5.75 Å². The van der Waals surface area contributed by atoms with Gasteiger partial charge in [0.2, 0.25) is 0 Å². The first-order chi connectivity index (χ1) is 16.0. The number of thiophene rings is 1. The van der Waals surface area contributed by atoms with Crippen molar-refractivity contribution in [1.82, 2.24) is 15.0 Å². The van der Waals surface area contributed by atoms with Gasteiger partial charge in [-0.1, -0.05) is 16.8 Å². The number of ether oxygens (including phenoxy) is 1. The molecule has 33 heavy (non-hydrogen) atoms. The molecule has 6 rings (SSSR count). The van der Waals surface area contributed by atoms with Crippen molar-refractivity contribution in [2.45, 2.75) is 44.4 Å². The van der Waals surface area contributed by atoms with Crippen LogP contribution in [0.15, 0.2) is 35.0 Å². The van der Waals surface area contributed by atoms with E-state index in [1.165, 1.54) is 5.56 Å². The zero-order valence-corrected chi connectivity index (χ0v) is 20.0. The topological polar surface area (TPSA) is 71.6 Å². The Morgan fingerprint density at radius 2 is 2.09 bits per heavy atom. The first-order valence-corrected chi connectivity index (χ1v) is 12.3. The minimum atomic E-state index is -0.219. The number of aliphatic hydroxyl groups is 1. The highest BCUT2D eigenvalue weighted by Crippen LogP contribution is 2.48. The van der Waals surface area contributed by atoms with Gasteiger partial charge in [-0.05, 0) is 57.6 Å². The third kappa shape index (κ3) is 3.54. The second kappa shape index (κ2) is 8.09. The van der Waals surface area contributed by atoms with Gasteiger partial charge < -0.3 is 19.3 Å². The van der Waals surface area contributed by atoms with E-state index in [4.69, 9.17) is 20.9 Å². The molecule has 0 saturated heterocycles. The fourth-order valence-corrected chi connectivity index (χ4v) is 6.30. The Labute approximate surface area is 200 Å². The van der Waals surface area contributed by atoms with Crippen LogP contribution in [0.25, 0.3) is 21.3 Å². The molecule has 1 aromatic carbocycles. The number of fused-ring (bicyclic) bond motifs is 3. The predicted molar refractivity (Wildman–Crippen MR) is 129 cm³/mol. The summed E-state index contributed by atoms with van der Waals surface area (Å²) in [6, 6.07) is 8.33. The minimum absolute atomic E-state index is 0.00274. The Kier molecular flexibility index (Phi) is 5.18. The summed E-state index contributed by atoms with van der Waals surface area (Å²) < 4.78 is 13.4. The number of hydrogen-bond acceptors (Lipinski definition) is 7. The van der Waals surface area contributed by atoms with Gasteiger partial charge in [-0.3, -0.25) is 4.98 Å². The summed E-state index contributed by atoms with van der Waals surface area (Å²) in [4.78, 5) is 7.63. The van der Waals surface area contributed by atoms with Crippen LogP contribution in [0.4, 0.5) is 0 Å². The summed E-state index contributed by atoms with van der Waals surface area (Å²) in [6.45, 7) is -0.00274. The SMILES string of the molecule is CN(C)[C@@H]1CCc2noc([C@H]3Cc4cc(Cl)cc(-c5ccnc6cc(CO)sc56)c4O3)c2C1. The average Bonchev–Trinajstić information content (AvgIpc) is 3.53. The van der Waals surface area contributed by atoms with Gasteiger partial charge in [-0.2, -0.15) is 0 Å². The van der Waals surface area contributed by atoms with Gasteiger partial charge in [-0.25, -0.2) is 0 Å². The van der Waals surface area contributed by atoms with E-state index in [1.54, 1.807) is 17.5 Å². The van der Waals surface area contributed by atoms with Gasteiger partial charge >= 0.3 is 0 Å². The van der Waals surface area contributed by atoms with Crippen LogP contribution >= 0.6 is 22.9 Å². The summed E-state index contributed by atoms with van der Waals surface area (Å²) in [7, 11) is 4.25. The molecule has 3 aromatic heterocycles. The molecule has 1 N–H and O–H groups in total. The van der Waals surface area contributed by atoms with E-state index in [2.05, 4.69) is 29.1 Å². The lowest BCUT2D eigenvalue weighted by Gasteiger charge is -2.27. The zero-order chi connectivity index (χ0) is 22.7. The van der Waals surface area contributed by atoms with Gasteiger partial charge in [-0.15, -0.1) is 11.3 Å². The number of aryl methyl sites for hydroxylation is 1. The molecule has 2 atom stereocenters. The molecule has 6 nitrogen and oxygen atoms in total. The molecule has 1 aliphatic carbocycles. The first kappa shape index (κ1) is 21.1. The van der Waals surface area contributed by atoms with E-state index in [0.717, 1.165) is 68.3 Å². The highest BCUT2D eigenvalue weighted by atomic mass is 35.5. The normalized spacial score (nSPS) is 19.7. The second-order valence-electron chi connectivity index (χ2n) is 9.03. The number of pyridine rings is 1. The predicted octanol–water partition coefficient (Wildman–Crippen LogP) is 5.19. The van der Waals surface area contributed by atoms with Crippen LogP contribution in [-0.4, -0.2) is 40.3 Å². The lowest BCUT2D eigenvalue weighted by molar-refractivity contribution is 0.188. The van der Waals surface area contributed by atoms with Crippen LogP contribution < -0.4 is 4.74 Å². The summed E-state index contributed by atoms with van der Waals surface area (Å²) in [5.74, 6) is 1.68. The van der Waals surface area contributed by atoms with Crippen molar-refractivity contribution in [1.29, 1.82) is 0 Å². The maximum Gasteiger partial charge on any atom is 0.181 e. The largest absolute Gasteiger partial charge is 0.481 e. The molecule has 0 unspecified atom stereocenters. The molecule has 1 aliphatic heterocycles. The Hall–Kier alpha value is -2.45. The van der Waals surface area contributed by atoms with Crippen molar-refractivity contribution in [3.05, 3.63) is 62.9 Å². The van der Waals surface area contributed by atoms with Gasteiger partial charge in [0.25, 0.3) is 0 Å². The van der Waals surface area contributed by atoms with E-state index in [1.807, 2.05) is 24.3 Å². The molecule has 2 aliphatic rings. The number of hydrogen-bond donors (Lipinski definition) is 1. The van der Waals surface area contributed by atoms with E-state index in [-0.39, 0.29) is 12.7 Å². The Balaban J connectivity index is 1.40. The highest BCUT2D eigenvalue weighted by Gasteiger charge is 2.36. The first-order valence-electron chi connectivity index (χ1n) is 11.1. The monoisotopic (exact) mass is 481 g/mol. The zero-order valence-electron chi connectivity index (χ0n) is 18.5. The number of halogens is 1. The molecule has 0 fully saturated rings. The molecule has 0 spiro atoms. The molecule has 4 heterocycles. The maximum atomic E-state index is 9.61. The van der Waals surface area contributed by atoms with Gasteiger partial charge in [0.15, 0.2) is 11.9 Å². The molecular formula is C25H24ClN3O3S.